The number of amides is 1. The molecule has 1 amide bonds. The van der Waals surface area contributed by atoms with Crippen molar-refractivity contribution in [2.45, 2.75) is 39.7 Å². The number of nitrogens with zero attached hydrogens (tertiary/aromatic N) is 1. The highest BCUT2D eigenvalue weighted by Gasteiger charge is 2.34. The first-order valence-electron chi connectivity index (χ1n) is 6.98. The molecule has 0 N–H and O–H groups in total. The second-order valence-electron chi connectivity index (χ2n) is 5.19. The molecule has 0 radical (unpaired) electrons. The van der Waals surface area contributed by atoms with Crippen molar-refractivity contribution >= 4 is 27.1 Å². The third-order valence-electron chi connectivity index (χ3n) is 3.86. The molecule has 2 rings (SSSR count). The molecule has 1 atom stereocenters. The first-order valence-corrected chi connectivity index (χ1v) is 9.62. The molecular weight excluding hydrogens is 294 g/mol. The molecule has 0 aliphatic carbocycles. The van der Waals surface area contributed by atoms with Crippen LogP contribution in [0.4, 0.5) is 0 Å². The molecule has 0 aromatic carbocycles. The Balaban J connectivity index is 2.21. The van der Waals surface area contributed by atoms with E-state index in [2.05, 4.69) is 6.92 Å². The SMILES string of the molecule is CCc1cc(C(=O)N(CC)C2CCS(=O)(=O)C2)sc1C. The van der Waals surface area contributed by atoms with Crippen LogP contribution in [0.15, 0.2) is 6.07 Å². The van der Waals surface area contributed by atoms with E-state index in [1.807, 2.05) is 19.9 Å². The van der Waals surface area contributed by atoms with Crippen LogP contribution >= 0.6 is 11.3 Å². The van der Waals surface area contributed by atoms with Gasteiger partial charge < -0.3 is 4.90 Å². The molecule has 1 aliphatic heterocycles. The highest BCUT2D eigenvalue weighted by molar-refractivity contribution is 7.91. The second-order valence-corrected chi connectivity index (χ2v) is 8.68. The van der Waals surface area contributed by atoms with Crippen LogP contribution in [0.2, 0.25) is 0 Å². The lowest BCUT2D eigenvalue weighted by molar-refractivity contribution is 0.0713. The van der Waals surface area contributed by atoms with Gasteiger partial charge in [0.2, 0.25) is 0 Å². The molecule has 20 heavy (non-hydrogen) atoms. The topological polar surface area (TPSA) is 54.5 Å². The summed E-state index contributed by atoms with van der Waals surface area (Å²) in [5.74, 6) is 0.283. The first-order chi connectivity index (χ1) is 9.38. The number of thiophene rings is 1. The van der Waals surface area contributed by atoms with Crippen LogP contribution in [0.3, 0.4) is 0 Å². The molecular formula is C14H21NO3S2. The van der Waals surface area contributed by atoms with Gasteiger partial charge in [0.05, 0.1) is 16.4 Å². The van der Waals surface area contributed by atoms with Gasteiger partial charge in [0.1, 0.15) is 0 Å². The van der Waals surface area contributed by atoms with Gasteiger partial charge in [0.15, 0.2) is 9.84 Å². The lowest BCUT2D eigenvalue weighted by Gasteiger charge is -2.26. The predicted molar refractivity (Wildman–Crippen MR) is 82.2 cm³/mol. The number of sulfone groups is 1. The number of aryl methyl sites for hydroxylation is 2. The summed E-state index contributed by atoms with van der Waals surface area (Å²) in [5.41, 5.74) is 1.20. The fraction of sp³-hybridized carbons (Fsp3) is 0.643. The average Bonchev–Trinajstić information content (AvgIpc) is 2.93. The van der Waals surface area contributed by atoms with Crippen molar-refractivity contribution in [3.8, 4) is 0 Å². The third kappa shape index (κ3) is 3.06. The smallest absolute Gasteiger partial charge is 0.264 e. The number of rotatable bonds is 4. The molecule has 1 saturated heterocycles. The van der Waals surface area contributed by atoms with E-state index in [-0.39, 0.29) is 23.5 Å². The highest BCUT2D eigenvalue weighted by atomic mass is 32.2. The standard InChI is InChI=1S/C14H21NO3S2/c1-4-11-8-13(19-10(11)3)14(16)15(5-2)12-6-7-20(17,18)9-12/h8,12H,4-7,9H2,1-3H3. The minimum Gasteiger partial charge on any atom is -0.334 e. The third-order valence-corrected chi connectivity index (χ3v) is 6.69. The van der Waals surface area contributed by atoms with Gasteiger partial charge in [-0.05, 0) is 38.3 Å². The van der Waals surface area contributed by atoms with Gasteiger partial charge in [-0.15, -0.1) is 11.3 Å². The van der Waals surface area contributed by atoms with Gasteiger partial charge in [-0.25, -0.2) is 8.42 Å². The van der Waals surface area contributed by atoms with Crippen molar-refractivity contribution in [3.05, 3.63) is 21.4 Å². The van der Waals surface area contributed by atoms with Crippen LogP contribution in [-0.2, 0) is 16.3 Å². The van der Waals surface area contributed by atoms with Crippen LogP contribution in [-0.4, -0.2) is 43.3 Å². The summed E-state index contributed by atoms with van der Waals surface area (Å²) in [6.07, 6.45) is 1.48. The maximum Gasteiger partial charge on any atom is 0.264 e. The van der Waals surface area contributed by atoms with Gasteiger partial charge in [0, 0.05) is 17.5 Å². The monoisotopic (exact) mass is 315 g/mol. The summed E-state index contributed by atoms with van der Waals surface area (Å²) >= 11 is 1.51. The molecule has 2 heterocycles. The van der Waals surface area contributed by atoms with Crippen molar-refractivity contribution in [2.24, 2.45) is 0 Å². The minimum absolute atomic E-state index is 0.0256. The van der Waals surface area contributed by atoms with E-state index in [0.29, 0.717) is 13.0 Å². The predicted octanol–water partition coefficient (Wildman–Crippen LogP) is 2.27. The zero-order chi connectivity index (χ0) is 14.9. The van der Waals surface area contributed by atoms with Gasteiger partial charge in [-0.2, -0.15) is 0 Å². The van der Waals surface area contributed by atoms with Gasteiger partial charge in [-0.3, -0.25) is 4.79 Å². The van der Waals surface area contributed by atoms with Crippen LogP contribution < -0.4 is 0 Å². The van der Waals surface area contributed by atoms with Crippen molar-refractivity contribution in [2.75, 3.05) is 18.1 Å². The molecule has 4 nitrogen and oxygen atoms in total. The molecule has 0 saturated carbocycles. The lowest BCUT2D eigenvalue weighted by atomic mass is 10.2. The number of carbonyl (C=O) groups excluding carboxylic acids is 1. The fourth-order valence-corrected chi connectivity index (χ4v) is 5.51. The van der Waals surface area contributed by atoms with E-state index in [9.17, 15) is 13.2 Å². The van der Waals surface area contributed by atoms with E-state index in [1.165, 1.54) is 21.8 Å². The van der Waals surface area contributed by atoms with E-state index < -0.39 is 9.84 Å². The zero-order valence-electron chi connectivity index (χ0n) is 12.2. The Morgan fingerprint density at radius 2 is 2.15 bits per heavy atom. The van der Waals surface area contributed by atoms with Crippen LogP contribution in [0.1, 0.15) is 40.4 Å². The summed E-state index contributed by atoms with van der Waals surface area (Å²) in [6, 6.07) is 1.79. The van der Waals surface area contributed by atoms with Crippen molar-refractivity contribution in [1.82, 2.24) is 4.90 Å². The molecule has 1 aliphatic rings. The number of carbonyl (C=O) groups is 1. The Bertz CT molecular complexity index is 604. The van der Waals surface area contributed by atoms with E-state index in [1.54, 1.807) is 4.90 Å². The number of hydrogen-bond donors (Lipinski definition) is 0. The summed E-state index contributed by atoms with van der Waals surface area (Å²) in [6.45, 7) is 6.56. The number of hydrogen-bond acceptors (Lipinski definition) is 4. The first kappa shape index (κ1) is 15.5. The summed E-state index contributed by atoms with van der Waals surface area (Å²) in [5, 5.41) is 0. The normalized spacial score (nSPS) is 21.1. The molecule has 1 aromatic rings. The summed E-state index contributed by atoms with van der Waals surface area (Å²) in [7, 11) is -2.96. The maximum absolute atomic E-state index is 12.6. The fourth-order valence-electron chi connectivity index (χ4n) is 2.71. The Morgan fingerprint density at radius 1 is 1.45 bits per heavy atom. The maximum atomic E-state index is 12.6. The van der Waals surface area contributed by atoms with Crippen LogP contribution in [0.25, 0.3) is 0 Å². The quantitative estimate of drug-likeness (QED) is 0.856. The molecule has 1 aromatic heterocycles. The largest absolute Gasteiger partial charge is 0.334 e. The summed E-state index contributed by atoms with van der Waals surface area (Å²) in [4.78, 5) is 16.2. The average molecular weight is 315 g/mol. The molecule has 112 valence electrons. The minimum atomic E-state index is -2.96. The Labute approximate surface area is 124 Å². The van der Waals surface area contributed by atoms with Gasteiger partial charge >= 0.3 is 0 Å². The lowest BCUT2D eigenvalue weighted by Crippen LogP contribution is -2.40. The molecule has 0 bridgehead atoms. The van der Waals surface area contributed by atoms with Crippen LogP contribution in [0, 0.1) is 6.92 Å². The molecule has 1 unspecified atom stereocenters. The van der Waals surface area contributed by atoms with Crippen LogP contribution in [0.5, 0.6) is 0 Å². The van der Waals surface area contributed by atoms with Crippen molar-refractivity contribution in [3.63, 3.8) is 0 Å². The van der Waals surface area contributed by atoms with Gasteiger partial charge in [-0.1, -0.05) is 6.92 Å². The van der Waals surface area contributed by atoms with E-state index in [4.69, 9.17) is 0 Å². The van der Waals surface area contributed by atoms with Crippen molar-refractivity contribution < 1.29 is 13.2 Å². The van der Waals surface area contributed by atoms with Crippen molar-refractivity contribution in [1.29, 1.82) is 0 Å². The Hall–Kier alpha value is -0.880. The van der Waals surface area contributed by atoms with Gasteiger partial charge in [0.25, 0.3) is 5.91 Å². The highest BCUT2D eigenvalue weighted by Crippen LogP contribution is 2.26. The van der Waals surface area contributed by atoms with E-state index >= 15 is 0 Å². The molecule has 6 heteroatoms. The molecule has 0 spiro atoms. The Kier molecular flexibility index (Phi) is 4.54. The summed E-state index contributed by atoms with van der Waals surface area (Å²) < 4.78 is 23.2. The molecule has 1 fully saturated rings. The zero-order valence-corrected chi connectivity index (χ0v) is 13.8. The Morgan fingerprint density at radius 3 is 2.60 bits per heavy atom. The second kappa shape index (κ2) is 5.85. The van der Waals surface area contributed by atoms with E-state index in [0.717, 1.165) is 11.3 Å².